The van der Waals surface area contributed by atoms with Gasteiger partial charge in [0.15, 0.2) is 0 Å². The molecule has 1 aromatic heterocycles. The first-order valence-corrected chi connectivity index (χ1v) is 6.05. The summed E-state index contributed by atoms with van der Waals surface area (Å²) in [5, 5.41) is 9.32. The Labute approximate surface area is 105 Å². The van der Waals surface area contributed by atoms with Gasteiger partial charge < -0.3 is 14.6 Å². The Bertz CT molecular complexity index is 467. The maximum absolute atomic E-state index is 11.9. The molecule has 98 valence electrons. The molecule has 1 amide bonds. The summed E-state index contributed by atoms with van der Waals surface area (Å²) in [6.45, 7) is 2.36. The predicted molar refractivity (Wildman–Crippen MR) is 63.7 cm³/mol. The van der Waals surface area contributed by atoms with E-state index >= 15 is 0 Å². The molecule has 0 aromatic carbocycles. The number of aliphatic carboxylic acids is 1. The van der Waals surface area contributed by atoms with E-state index < -0.39 is 17.9 Å². The van der Waals surface area contributed by atoms with Gasteiger partial charge in [-0.15, -0.1) is 0 Å². The Morgan fingerprint density at radius 3 is 2.83 bits per heavy atom. The minimum absolute atomic E-state index is 0.00278. The molecule has 1 aliphatic heterocycles. The lowest BCUT2D eigenvalue weighted by atomic mass is 9.88. The van der Waals surface area contributed by atoms with Gasteiger partial charge in [-0.1, -0.05) is 0 Å². The van der Waals surface area contributed by atoms with E-state index in [1.165, 1.54) is 0 Å². The first-order chi connectivity index (χ1) is 8.56. The van der Waals surface area contributed by atoms with E-state index in [1.807, 2.05) is 14.0 Å². The number of aryl methyl sites for hydroxylation is 1. The van der Waals surface area contributed by atoms with Crippen LogP contribution in [0.25, 0.3) is 0 Å². The van der Waals surface area contributed by atoms with E-state index in [9.17, 15) is 14.7 Å². The number of nitrogens with zero attached hydrogens (tertiary/aromatic N) is 3. The monoisotopic (exact) mass is 251 g/mol. The number of rotatable bonds is 3. The summed E-state index contributed by atoms with van der Waals surface area (Å²) >= 11 is 0. The fourth-order valence-electron chi connectivity index (χ4n) is 2.57. The molecule has 1 fully saturated rings. The number of carboxylic acid groups (broad SMARTS) is 1. The van der Waals surface area contributed by atoms with Gasteiger partial charge in [-0.2, -0.15) is 0 Å². The van der Waals surface area contributed by atoms with E-state index in [4.69, 9.17) is 0 Å². The second-order valence-corrected chi connectivity index (χ2v) is 4.50. The average Bonchev–Trinajstić information content (AvgIpc) is 2.74. The zero-order chi connectivity index (χ0) is 13.3. The van der Waals surface area contributed by atoms with Gasteiger partial charge >= 0.3 is 5.97 Å². The molecule has 1 aliphatic rings. The molecule has 0 unspecified atom stereocenters. The van der Waals surface area contributed by atoms with Gasteiger partial charge in [0.25, 0.3) is 0 Å². The number of aromatic nitrogens is 2. The summed E-state index contributed by atoms with van der Waals surface area (Å²) in [4.78, 5) is 29.1. The minimum atomic E-state index is -0.867. The molecular weight excluding hydrogens is 234 g/mol. The van der Waals surface area contributed by atoms with Gasteiger partial charge in [-0.05, 0) is 13.3 Å². The van der Waals surface area contributed by atoms with Crippen molar-refractivity contribution >= 4 is 11.9 Å². The maximum atomic E-state index is 11.9. The third kappa shape index (κ3) is 1.98. The molecule has 18 heavy (non-hydrogen) atoms. The molecule has 6 heteroatoms. The van der Waals surface area contributed by atoms with Crippen LogP contribution in [0.1, 0.15) is 31.6 Å². The number of amides is 1. The van der Waals surface area contributed by atoms with Crippen LogP contribution < -0.4 is 0 Å². The van der Waals surface area contributed by atoms with E-state index in [2.05, 4.69) is 4.98 Å². The summed E-state index contributed by atoms with van der Waals surface area (Å²) in [6.07, 6.45) is 4.07. The molecule has 1 aromatic rings. The summed E-state index contributed by atoms with van der Waals surface area (Å²) in [5.41, 5.74) is 0. The van der Waals surface area contributed by atoms with Gasteiger partial charge in [0, 0.05) is 32.4 Å². The molecule has 1 N–H and O–H groups in total. The lowest BCUT2D eigenvalue weighted by Crippen LogP contribution is -2.46. The summed E-state index contributed by atoms with van der Waals surface area (Å²) in [7, 11) is 1.81. The number of carboxylic acids is 1. The number of hydrogen-bond acceptors (Lipinski definition) is 3. The lowest BCUT2D eigenvalue weighted by Gasteiger charge is -2.38. The van der Waals surface area contributed by atoms with E-state index in [1.54, 1.807) is 21.9 Å². The normalized spacial score (nSPS) is 24.3. The Hall–Kier alpha value is -1.85. The van der Waals surface area contributed by atoms with Gasteiger partial charge in [0.05, 0.1) is 5.92 Å². The van der Waals surface area contributed by atoms with Crippen LogP contribution in [-0.2, 0) is 16.6 Å². The quantitative estimate of drug-likeness (QED) is 0.862. The predicted octanol–water partition coefficient (Wildman–Crippen LogP) is 0.804. The van der Waals surface area contributed by atoms with Crippen LogP contribution >= 0.6 is 0 Å². The number of carbonyl (C=O) groups excluding carboxylic acids is 1. The third-order valence-electron chi connectivity index (χ3n) is 3.49. The highest BCUT2D eigenvalue weighted by atomic mass is 16.4. The lowest BCUT2D eigenvalue weighted by molar-refractivity contribution is -0.152. The van der Waals surface area contributed by atoms with Crippen molar-refractivity contribution < 1.29 is 14.7 Å². The van der Waals surface area contributed by atoms with E-state index in [-0.39, 0.29) is 5.91 Å². The molecule has 0 spiro atoms. The average molecular weight is 251 g/mol. The fraction of sp³-hybridized carbons (Fsp3) is 0.583. The third-order valence-corrected chi connectivity index (χ3v) is 3.49. The molecule has 0 radical (unpaired) electrons. The second kappa shape index (κ2) is 4.80. The Kier molecular flexibility index (Phi) is 3.36. The maximum Gasteiger partial charge on any atom is 0.309 e. The minimum Gasteiger partial charge on any atom is -0.481 e. The highest BCUT2D eigenvalue weighted by molar-refractivity contribution is 5.81. The zero-order valence-corrected chi connectivity index (χ0v) is 10.5. The van der Waals surface area contributed by atoms with Gasteiger partial charge in [-0.25, -0.2) is 4.98 Å². The van der Waals surface area contributed by atoms with Crippen molar-refractivity contribution in [2.75, 3.05) is 6.54 Å². The first-order valence-electron chi connectivity index (χ1n) is 6.05. The van der Waals surface area contributed by atoms with E-state index in [0.29, 0.717) is 25.2 Å². The smallest absolute Gasteiger partial charge is 0.309 e. The SMILES string of the molecule is CCN1C(=O)CC[C@H](C(=O)O)[C@H]1c1nccn1C. The van der Waals surface area contributed by atoms with Crippen LogP contribution in [0.2, 0.25) is 0 Å². The summed E-state index contributed by atoms with van der Waals surface area (Å²) in [5.74, 6) is -0.807. The Morgan fingerprint density at radius 1 is 1.61 bits per heavy atom. The van der Waals surface area contributed by atoms with Gasteiger partial charge in [0.1, 0.15) is 11.9 Å². The molecule has 2 atom stereocenters. The van der Waals surface area contributed by atoms with Crippen molar-refractivity contribution in [3.63, 3.8) is 0 Å². The number of carbonyl (C=O) groups is 2. The number of likely N-dealkylation sites (tertiary alicyclic amines) is 1. The molecule has 2 rings (SSSR count). The van der Waals surface area contributed by atoms with Crippen molar-refractivity contribution in [3.8, 4) is 0 Å². The highest BCUT2D eigenvalue weighted by Gasteiger charge is 2.41. The van der Waals surface area contributed by atoms with Crippen LogP contribution in [0.4, 0.5) is 0 Å². The van der Waals surface area contributed by atoms with Crippen molar-refractivity contribution in [1.29, 1.82) is 0 Å². The molecule has 2 heterocycles. The van der Waals surface area contributed by atoms with Crippen LogP contribution in [0.3, 0.4) is 0 Å². The van der Waals surface area contributed by atoms with Gasteiger partial charge in [-0.3, -0.25) is 9.59 Å². The zero-order valence-electron chi connectivity index (χ0n) is 10.5. The van der Waals surface area contributed by atoms with Crippen LogP contribution in [-0.4, -0.2) is 38.0 Å². The van der Waals surface area contributed by atoms with Crippen molar-refractivity contribution in [1.82, 2.24) is 14.5 Å². The fourth-order valence-corrected chi connectivity index (χ4v) is 2.57. The van der Waals surface area contributed by atoms with Crippen LogP contribution in [0, 0.1) is 5.92 Å². The number of imidazole rings is 1. The summed E-state index contributed by atoms with van der Waals surface area (Å²) < 4.78 is 1.78. The Balaban J connectivity index is 2.43. The van der Waals surface area contributed by atoms with Crippen molar-refractivity contribution in [2.24, 2.45) is 13.0 Å². The van der Waals surface area contributed by atoms with Crippen LogP contribution in [0.15, 0.2) is 12.4 Å². The summed E-state index contributed by atoms with van der Waals surface area (Å²) in [6, 6.07) is -0.464. The first kappa shape index (κ1) is 12.6. The molecule has 1 saturated heterocycles. The highest BCUT2D eigenvalue weighted by Crippen LogP contribution is 2.35. The molecule has 0 bridgehead atoms. The standard InChI is InChI=1S/C12H17N3O3/c1-3-15-9(16)5-4-8(12(17)18)10(15)11-13-6-7-14(11)2/h6-8,10H,3-5H2,1-2H3,(H,17,18)/t8-,10-/m0/s1. The van der Waals surface area contributed by atoms with Crippen molar-refractivity contribution in [3.05, 3.63) is 18.2 Å². The number of hydrogen-bond donors (Lipinski definition) is 1. The molecular formula is C12H17N3O3. The number of piperidine rings is 1. The van der Waals surface area contributed by atoms with E-state index in [0.717, 1.165) is 0 Å². The largest absolute Gasteiger partial charge is 0.481 e. The topological polar surface area (TPSA) is 75.4 Å². The molecule has 0 saturated carbocycles. The molecule has 6 nitrogen and oxygen atoms in total. The van der Waals surface area contributed by atoms with Gasteiger partial charge in [0.2, 0.25) is 5.91 Å². The Morgan fingerprint density at radius 2 is 2.33 bits per heavy atom. The second-order valence-electron chi connectivity index (χ2n) is 4.50. The van der Waals surface area contributed by atoms with Crippen LogP contribution in [0.5, 0.6) is 0 Å². The van der Waals surface area contributed by atoms with Crippen molar-refractivity contribution in [2.45, 2.75) is 25.8 Å². The molecule has 0 aliphatic carbocycles.